The van der Waals surface area contributed by atoms with E-state index in [1.165, 1.54) is 10.4 Å². The number of likely N-dealkylation sites (tertiary alicyclic amines) is 1. The highest BCUT2D eigenvalue weighted by Crippen LogP contribution is 2.30. The summed E-state index contributed by atoms with van der Waals surface area (Å²) in [5.41, 5.74) is 1.18. The second-order valence-corrected chi connectivity index (χ2v) is 7.85. The number of piperidine rings is 1. The van der Waals surface area contributed by atoms with Gasteiger partial charge in [0.25, 0.3) is 0 Å². The number of hydrogen-bond donors (Lipinski definition) is 1. The van der Waals surface area contributed by atoms with Crippen molar-refractivity contribution in [3.63, 3.8) is 0 Å². The lowest BCUT2D eigenvalue weighted by Crippen LogP contribution is -2.33. The number of nitrogens with zero attached hydrogens (tertiary/aromatic N) is 5. The highest BCUT2D eigenvalue weighted by atomic mass is 32.1. The van der Waals surface area contributed by atoms with Crippen LogP contribution in [0.1, 0.15) is 35.3 Å². The van der Waals surface area contributed by atoms with Gasteiger partial charge in [0.05, 0.1) is 0 Å². The molecule has 0 bridgehead atoms. The highest BCUT2D eigenvalue weighted by molar-refractivity contribution is 7.15. The van der Waals surface area contributed by atoms with Crippen LogP contribution in [0.3, 0.4) is 0 Å². The van der Waals surface area contributed by atoms with Gasteiger partial charge in [-0.1, -0.05) is 30.3 Å². The Morgan fingerprint density at radius 2 is 1.92 bits per heavy atom. The van der Waals surface area contributed by atoms with Crippen LogP contribution in [-0.2, 0) is 20.2 Å². The molecule has 0 unspecified atom stereocenters. The van der Waals surface area contributed by atoms with Crippen LogP contribution in [0.25, 0.3) is 10.6 Å². The van der Waals surface area contributed by atoms with Crippen molar-refractivity contribution in [1.29, 1.82) is 0 Å². The van der Waals surface area contributed by atoms with Gasteiger partial charge in [0, 0.05) is 36.1 Å². The predicted molar refractivity (Wildman–Crippen MR) is 102 cm³/mol. The molecule has 4 rings (SSSR count). The number of benzene rings is 1. The maximum Gasteiger partial charge on any atom is 0.158 e. The summed E-state index contributed by atoms with van der Waals surface area (Å²) < 4.78 is 1.94. The Hall–Kier alpha value is -2.09. The van der Waals surface area contributed by atoms with Crippen LogP contribution in [0.4, 0.5) is 0 Å². The molecule has 0 atom stereocenters. The maximum absolute atomic E-state index is 9.28. The molecule has 2 aromatic heterocycles. The predicted octanol–water partition coefficient (Wildman–Crippen LogP) is 2.81. The van der Waals surface area contributed by atoms with Crippen molar-refractivity contribution in [2.45, 2.75) is 31.9 Å². The molecule has 1 fully saturated rings. The summed E-state index contributed by atoms with van der Waals surface area (Å²) in [5.74, 6) is 2.06. The Morgan fingerprint density at radius 3 is 2.62 bits per heavy atom. The molecule has 1 saturated heterocycles. The monoisotopic (exact) mass is 369 g/mol. The van der Waals surface area contributed by atoms with E-state index in [1.54, 1.807) is 11.3 Å². The average molecular weight is 369 g/mol. The van der Waals surface area contributed by atoms with Crippen molar-refractivity contribution >= 4 is 11.3 Å². The second kappa shape index (κ2) is 7.65. The van der Waals surface area contributed by atoms with Crippen molar-refractivity contribution in [3.8, 4) is 10.6 Å². The standard InChI is InChI=1S/C19H23N5OS/c1-23-17(13-25)21-22-18(23)14-7-9-24(10-8-14)12-16-11-20-19(26-16)15-5-3-2-4-6-15/h2-6,11,14,25H,7-10,12-13H2,1H3. The van der Waals surface area contributed by atoms with Gasteiger partial charge in [-0.3, -0.25) is 4.90 Å². The van der Waals surface area contributed by atoms with Crippen LogP contribution in [0.5, 0.6) is 0 Å². The molecule has 0 amide bonds. The van der Waals surface area contributed by atoms with Gasteiger partial charge >= 0.3 is 0 Å². The molecule has 0 aliphatic carbocycles. The summed E-state index contributed by atoms with van der Waals surface area (Å²) in [7, 11) is 1.94. The van der Waals surface area contributed by atoms with E-state index in [2.05, 4.69) is 44.3 Å². The number of rotatable bonds is 5. The van der Waals surface area contributed by atoms with Gasteiger partial charge in [-0.15, -0.1) is 21.5 Å². The van der Waals surface area contributed by atoms with E-state index in [1.807, 2.05) is 23.9 Å². The Balaban J connectivity index is 1.35. The Kier molecular flexibility index (Phi) is 5.10. The maximum atomic E-state index is 9.28. The first-order valence-electron chi connectivity index (χ1n) is 8.96. The minimum absolute atomic E-state index is 0.0581. The molecule has 1 aliphatic rings. The molecule has 1 aliphatic heterocycles. The first-order valence-corrected chi connectivity index (χ1v) is 9.77. The number of hydrogen-bond acceptors (Lipinski definition) is 6. The van der Waals surface area contributed by atoms with Gasteiger partial charge in [0.2, 0.25) is 0 Å². The quantitative estimate of drug-likeness (QED) is 0.749. The first kappa shape index (κ1) is 17.3. The van der Waals surface area contributed by atoms with E-state index in [9.17, 15) is 5.11 Å². The van der Waals surface area contributed by atoms with Crippen molar-refractivity contribution in [2.75, 3.05) is 13.1 Å². The number of aliphatic hydroxyl groups excluding tert-OH is 1. The molecule has 0 saturated carbocycles. The van der Waals surface area contributed by atoms with Crippen LogP contribution < -0.4 is 0 Å². The average Bonchev–Trinajstić information content (AvgIpc) is 3.30. The molecule has 7 heteroatoms. The molecule has 1 aromatic carbocycles. The molecule has 136 valence electrons. The Bertz CT molecular complexity index is 852. The molecule has 1 N–H and O–H groups in total. The van der Waals surface area contributed by atoms with Gasteiger partial charge in [0.1, 0.15) is 17.4 Å². The smallest absolute Gasteiger partial charge is 0.158 e. The zero-order valence-electron chi connectivity index (χ0n) is 14.9. The largest absolute Gasteiger partial charge is 0.388 e. The van der Waals surface area contributed by atoms with Crippen LogP contribution in [-0.4, -0.2) is 42.8 Å². The normalized spacial score (nSPS) is 16.2. The summed E-state index contributed by atoms with van der Waals surface area (Å²) in [6.07, 6.45) is 4.15. The summed E-state index contributed by atoms with van der Waals surface area (Å²) >= 11 is 1.78. The molecular weight excluding hydrogens is 346 g/mol. The minimum atomic E-state index is -0.0581. The first-order chi connectivity index (χ1) is 12.7. The van der Waals surface area contributed by atoms with Gasteiger partial charge < -0.3 is 9.67 Å². The molecule has 0 spiro atoms. The lowest BCUT2D eigenvalue weighted by atomic mass is 9.96. The summed E-state index contributed by atoms with van der Waals surface area (Å²) in [6, 6.07) is 10.3. The summed E-state index contributed by atoms with van der Waals surface area (Å²) in [6.45, 7) is 2.99. The van der Waals surface area contributed by atoms with E-state index in [0.717, 1.165) is 43.3 Å². The van der Waals surface area contributed by atoms with Crippen LogP contribution in [0.15, 0.2) is 36.5 Å². The van der Waals surface area contributed by atoms with Gasteiger partial charge in [0.15, 0.2) is 5.82 Å². The molecule has 6 nitrogen and oxygen atoms in total. The van der Waals surface area contributed by atoms with E-state index in [0.29, 0.717) is 11.7 Å². The van der Waals surface area contributed by atoms with Crippen molar-refractivity contribution < 1.29 is 5.11 Å². The van der Waals surface area contributed by atoms with Crippen LogP contribution in [0.2, 0.25) is 0 Å². The fraction of sp³-hybridized carbons (Fsp3) is 0.421. The fourth-order valence-corrected chi connectivity index (χ4v) is 4.49. The zero-order valence-corrected chi connectivity index (χ0v) is 15.7. The third-order valence-electron chi connectivity index (χ3n) is 5.05. The van der Waals surface area contributed by atoms with Gasteiger partial charge in [-0.2, -0.15) is 0 Å². The summed E-state index contributed by atoms with van der Waals surface area (Å²) in [4.78, 5) is 8.38. The third kappa shape index (κ3) is 3.56. The molecular formula is C19H23N5OS. The highest BCUT2D eigenvalue weighted by Gasteiger charge is 2.25. The van der Waals surface area contributed by atoms with Crippen molar-refractivity contribution in [3.05, 3.63) is 53.1 Å². The van der Waals surface area contributed by atoms with E-state index >= 15 is 0 Å². The van der Waals surface area contributed by atoms with Crippen LogP contribution in [0, 0.1) is 0 Å². The molecule has 3 aromatic rings. The number of aromatic nitrogens is 4. The SMILES string of the molecule is Cn1c(CO)nnc1C1CCN(Cc2cnc(-c3ccccc3)s2)CC1. The van der Waals surface area contributed by atoms with Gasteiger partial charge in [-0.25, -0.2) is 4.98 Å². The van der Waals surface area contributed by atoms with E-state index in [-0.39, 0.29) is 6.61 Å². The lowest BCUT2D eigenvalue weighted by molar-refractivity contribution is 0.201. The zero-order chi connectivity index (χ0) is 17.9. The van der Waals surface area contributed by atoms with E-state index in [4.69, 9.17) is 0 Å². The lowest BCUT2D eigenvalue weighted by Gasteiger charge is -2.30. The fourth-order valence-electron chi connectivity index (χ4n) is 3.53. The van der Waals surface area contributed by atoms with E-state index < -0.39 is 0 Å². The van der Waals surface area contributed by atoms with Crippen LogP contribution >= 0.6 is 11.3 Å². The number of thiazole rings is 1. The van der Waals surface area contributed by atoms with Crippen molar-refractivity contribution in [1.82, 2.24) is 24.6 Å². The van der Waals surface area contributed by atoms with Gasteiger partial charge in [-0.05, 0) is 25.9 Å². The third-order valence-corrected chi connectivity index (χ3v) is 6.08. The topological polar surface area (TPSA) is 67.1 Å². The second-order valence-electron chi connectivity index (χ2n) is 6.74. The minimum Gasteiger partial charge on any atom is -0.388 e. The molecule has 0 radical (unpaired) electrons. The van der Waals surface area contributed by atoms with Crippen molar-refractivity contribution in [2.24, 2.45) is 7.05 Å². The Labute approximate surface area is 157 Å². The Morgan fingerprint density at radius 1 is 1.15 bits per heavy atom. The molecule has 26 heavy (non-hydrogen) atoms. The summed E-state index contributed by atoms with van der Waals surface area (Å²) in [5, 5.41) is 18.7. The molecule has 3 heterocycles. The number of aliphatic hydroxyl groups is 1.